The van der Waals surface area contributed by atoms with E-state index in [0.29, 0.717) is 5.92 Å². The largest absolute Gasteiger partial charge is 0.252 e. The van der Waals surface area contributed by atoms with Crippen molar-refractivity contribution < 1.29 is 0 Å². The second kappa shape index (κ2) is 8.34. The lowest BCUT2D eigenvalue weighted by Gasteiger charge is -2.21. The van der Waals surface area contributed by atoms with Gasteiger partial charge in [0.25, 0.3) is 0 Å². The van der Waals surface area contributed by atoms with Crippen LogP contribution in [0.25, 0.3) is 63.9 Å². The first-order chi connectivity index (χ1) is 18.8. The number of aromatic nitrogens is 2. The average molecular weight is 505 g/mol. The number of hydrogen-bond acceptors (Lipinski definition) is 3. The van der Waals surface area contributed by atoms with Crippen molar-refractivity contribution in [3.63, 3.8) is 0 Å². The van der Waals surface area contributed by atoms with Crippen LogP contribution in [0, 0.1) is 5.92 Å². The molecule has 7 aromatic rings. The molecule has 1 aliphatic carbocycles. The topological polar surface area (TPSA) is 25.8 Å². The van der Waals surface area contributed by atoms with E-state index in [9.17, 15) is 0 Å². The van der Waals surface area contributed by atoms with E-state index in [1.165, 1.54) is 47.7 Å². The van der Waals surface area contributed by atoms with Gasteiger partial charge in [-0.15, -0.1) is 11.3 Å². The smallest absolute Gasteiger partial charge is 0.0979 e. The number of allylic oxidation sites excluding steroid dienone is 4. The van der Waals surface area contributed by atoms with Crippen LogP contribution in [-0.2, 0) is 0 Å². The third kappa shape index (κ3) is 3.19. The second-order valence-electron chi connectivity index (χ2n) is 10.2. The van der Waals surface area contributed by atoms with Crippen molar-refractivity contribution in [3.8, 4) is 0 Å². The van der Waals surface area contributed by atoms with Crippen molar-refractivity contribution in [2.75, 3.05) is 0 Å². The molecule has 1 atom stereocenters. The van der Waals surface area contributed by atoms with Gasteiger partial charge in [-0.25, -0.2) is 4.98 Å². The summed E-state index contributed by atoms with van der Waals surface area (Å²) in [6.07, 6.45) is 7.71. The lowest BCUT2D eigenvalue weighted by molar-refractivity contribution is 0.756. The van der Waals surface area contributed by atoms with Gasteiger partial charge in [0, 0.05) is 30.9 Å². The predicted octanol–water partition coefficient (Wildman–Crippen LogP) is 9.81. The monoisotopic (exact) mass is 504 g/mol. The van der Waals surface area contributed by atoms with Crippen molar-refractivity contribution in [1.29, 1.82) is 0 Å². The third-order valence-corrected chi connectivity index (χ3v) is 9.19. The van der Waals surface area contributed by atoms with E-state index in [1.54, 1.807) is 0 Å². The third-order valence-electron chi connectivity index (χ3n) is 7.97. The quantitative estimate of drug-likeness (QED) is 0.219. The first kappa shape index (κ1) is 21.7. The van der Waals surface area contributed by atoms with Crippen LogP contribution < -0.4 is 0 Å². The van der Waals surface area contributed by atoms with Crippen molar-refractivity contribution in [1.82, 2.24) is 9.97 Å². The highest BCUT2D eigenvalue weighted by atomic mass is 32.1. The molecule has 2 heterocycles. The zero-order valence-electron chi connectivity index (χ0n) is 21.0. The van der Waals surface area contributed by atoms with Gasteiger partial charge in [0.05, 0.1) is 22.9 Å². The first-order valence-electron chi connectivity index (χ1n) is 13.2. The SMILES string of the molecule is CC1CC=C(c2cccc3c2sc2ccccc23)C=C1c1cnc2c3ccccc3c3ccccc3c2n1. The molecule has 5 aromatic carbocycles. The molecule has 0 aliphatic heterocycles. The van der Waals surface area contributed by atoms with E-state index < -0.39 is 0 Å². The van der Waals surface area contributed by atoms with Crippen molar-refractivity contribution in [2.24, 2.45) is 5.92 Å². The van der Waals surface area contributed by atoms with Crippen LogP contribution in [0.4, 0.5) is 0 Å². The molecule has 1 aliphatic rings. The van der Waals surface area contributed by atoms with Crippen LogP contribution in [0.3, 0.4) is 0 Å². The van der Waals surface area contributed by atoms with Gasteiger partial charge in [-0.3, -0.25) is 4.98 Å². The van der Waals surface area contributed by atoms with Gasteiger partial charge in [0.2, 0.25) is 0 Å². The maximum atomic E-state index is 5.30. The average Bonchev–Trinajstić information content (AvgIpc) is 3.36. The summed E-state index contributed by atoms with van der Waals surface area (Å²) in [5.74, 6) is 0.374. The zero-order valence-corrected chi connectivity index (χ0v) is 21.8. The van der Waals surface area contributed by atoms with Gasteiger partial charge in [0.15, 0.2) is 0 Å². The number of fused-ring (bicyclic) bond motifs is 9. The Labute approximate surface area is 224 Å². The van der Waals surface area contributed by atoms with Gasteiger partial charge in [-0.05, 0) is 52.0 Å². The Morgan fingerprint density at radius 1 is 0.684 bits per heavy atom. The molecule has 0 saturated heterocycles. The van der Waals surface area contributed by atoms with Crippen LogP contribution >= 0.6 is 11.3 Å². The fourth-order valence-electron chi connectivity index (χ4n) is 6.05. The van der Waals surface area contributed by atoms with Gasteiger partial charge in [0.1, 0.15) is 0 Å². The number of thiophene rings is 1. The summed E-state index contributed by atoms with van der Waals surface area (Å²) in [7, 11) is 0. The summed E-state index contributed by atoms with van der Waals surface area (Å²) >= 11 is 1.89. The highest BCUT2D eigenvalue weighted by molar-refractivity contribution is 7.26. The van der Waals surface area contributed by atoms with Crippen LogP contribution in [0.2, 0.25) is 0 Å². The standard InChI is InChI=1S/C35H24N2S/c1-21-17-18-22(23-14-8-15-29-26-11-6-7-16-32(26)38-35(23)29)19-30(21)31-20-36-33-27-12-4-2-9-24(27)25-10-3-5-13-28(25)34(33)37-31/h2-16,18-21H,17H2,1H3. The molecule has 0 radical (unpaired) electrons. The normalized spacial score (nSPS) is 16.0. The fraction of sp³-hybridized carbons (Fsp3) is 0.0857. The molecular weight excluding hydrogens is 480 g/mol. The molecule has 0 bridgehead atoms. The summed E-state index contributed by atoms with van der Waals surface area (Å²) in [5.41, 5.74) is 6.76. The summed E-state index contributed by atoms with van der Waals surface area (Å²) in [4.78, 5) is 10.3. The lowest BCUT2D eigenvalue weighted by Crippen LogP contribution is -2.06. The molecule has 0 saturated carbocycles. The molecule has 8 rings (SSSR count). The van der Waals surface area contributed by atoms with E-state index in [4.69, 9.17) is 9.97 Å². The van der Waals surface area contributed by atoms with Gasteiger partial charge in [-0.2, -0.15) is 0 Å². The Hall–Kier alpha value is -4.34. The molecule has 180 valence electrons. The summed E-state index contributed by atoms with van der Waals surface area (Å²) in [5, 5.41) is 7.44. The fourth-order valence-corrected chi connectivity index (χ4v) is 7.29. The molecule has 2 aromatic heterocycles. The first-order valence-corrected chi connectivity index (χ1v) is 14.0. The Balaban J connectivity index is 1.33. The number of nitrogens with zero attached hydrogens (tertiary/aromatic N) is 2. The predicted molar refractivity (Wildman–Crippen MR) is 164 cm³/mol. The molecule has 2 nitrogen and oxygen atoms in total. The van der Waals surface area contributed by atoms with E-state index in [1.807, 2.05) is 17.5 Å². The molecule has 0 spiro atoms. The van der Waals surface area contributed by atoms with Gasteiger partial charge in [-0.1, -0.05) is 97.9 Å². The molecule has 3 heteroatoms. The minimum absolute atomic E-state index is 0.374. The summed E-state index contributed by atoms with van der Waals surface area (Å²) in [6, 6.07) is 32.5. The maximum Gasteiger partial charge on any atom is 0.0979 e. The second-order valence-corrected chi connectivity index (χ2v) is 11.3. The van der Waals surface area contributed by atoms with Crippen LogP contribution in [0.15, 0.2) is 109 Å². The molecule has 1 unspecified atom stereocenters. The maximum absolute atomic E-state index is 5.30. The van der Waals surface area contributed by atoms with Crippen LogP contribution in [0.5, 0.6) is 0 Å². The minimum atomic E-state index is 0.374. The van der Waals surface area contributed by atoms with E-state index in [-0.39, 0.29) is 0 Å². The van der Waals surface area contributed by atoms with E-state index in [0.717, 1.165) is 33.9 Å². The Kier molecular flexibility index (Phi) is 4.77. The molecule has 38 heavy (non-hydrogen) atoms. The summed E-state index contributed by atoms with van der Waals surface area (Å²) in [6.45, 7) is 2.30. The van der Waals surface area contributed by atoms with Crippen LogP contribution in [0.1, 0.15) is 24.6 Å². The molecule has 0 fully saturated rings. The molecule has 0 amide bonds. The van der Waals surface area contributed by atoms with Gasteiger partial charge >= 0.3 is 0 Å². The molecule has 0 N–H and O–H groups in total. The minimum Gasteiger partial charge on any atom is -0.252 e. The Morgan fingerprint density at radius 3 is 2.13 bits per heavy atom. The number of benzene rings is 5. The van der Waals surface area contributed by atoms with E-state index >= 15 is 0 Å². The Morgan fingerprint density at radius 2 is 1.34 bits per heavy atom. The zero-order chi connectivity index (χ0) is 25.2. The highest BCUT2D eigenvalue weighted by Gasteiger charge is 2.21. The lowest BCUT2D eigenvalue weighted by atomic mass is 9.85. The van der Waals surface area contributed by atoms with Gasteiger partial charge < -0.3 is 0 Å². The van der Waals surface area contributed by atoms with Crippen molar-refractivity contribution in [3.05, 3.63) is 121 Å². The van der Waals surface area contributed by atoms with Crippen molar-refractivity contribution in [2.45, 2.75) is 13.3 Å². The summed E-state index contributed by atoms with van der Waals surface area (Å²) < 4.78 is 2.69. The number of hydrogen-bond donors (Lipinski definition) is 0. The number of rotatable bonds is 2. The van der Waals surface area contributed by atoms with Crippen LogP contribution in [-0.4, -0.2) is 9.97 Å². The molecular formula is C35H24N2S. The van der Waals surface area contributed by atoms with E-state index in [2.05, 4.69) is 110 Å². The van der Waals surface area contributed by atoms with Crippen molar-refractivity contribution >= 4 is 75.2 Å². The Bertz CT molecular complexity index is 2090. The highest BCUT2D eigenvalue weighted by Crippen LogP contribution is 2.42.